The summed E-state index contributed by atoms with van der Waals surface area (Å²) in [6, 6.07) is 11.4. The monoisotopic (exact) mass is 506 g/mol. The fourth-order valence-electron chi connectivity index (χ4n) is 6.67. The largest absolute Gasteiger partial charge is 0.480 e. The fourth-order valence-corrected chi connectivity index (χ4v) is 6.67. The Hall–Kier alpha value is -2.77. The van der Waals surface area contributed by atoms with Crippen LogP contribution in [-0.2, 0) is 4.79 Å². The van der Waals surface area contributed by atoms with Gasteiger partial charge in [0.15, 0.2) is 0 Å². The predicted molar refractivity (Wildman–Crippen MR) is 143 cm³/mol. The van der Waals surface area contributed by atoms with E-state index in [9.17, 15) is 14.3 Å². The molecule has 0 spiro atoms. The van der Waals surface area contributed by atoms with Gasteiger partial charge < -0.3 is 14.4 Å². The van der Waals surface area contributed by atoms with E-state index in [2.05, 4.69) is 46.0 Å². The van der Waals surface area contributed by atoms with Crippen LogP contribution in [0, 0.1) is 24.1 Å². The minimum absolute atomic E-state index is 0.243. The second-order valence-corrected chi connectivity index (χ2v) is 12.2. The third-order valence-corrected chi connectivity index (χ3v) is 8.36. The molecule has 2 aliphatic heterocycles. The Balaban J connectivity index is 1.31. The molecule has 0 aliphatic carbocycles. The van der Waals surface area contributed by atoms with Gasteiger partial charge in [0.1, 0.15) is 17.5 Å². The van der Waals surface area contributed by atoms with Crippen LogP contribution in [0.1, 0.15) is 62.3 Å². The van der Waals surface area contributed by atoms with E-state index in [4.69, 9.17) is 0 Å². The molecule has 0 saturated carbocycles. The molecule has 2 fully saturated rings. The number of carboxylic acid groups (broad SMARTS) is 1. The molecule has 0 amide bonds. The molecule has 2 saturated heterocycles. The lowest BCUT2D eigenvalue weighted by atomic mass is 9.85. The number of aromatic nitrogens is 2. The van der Waals surface area contributed by atoms with Crippen LogP contribution in [0.3, 0.4) is 0 Å². The second kappa shape index (κ2) is 10.2. The van der Waals surface area contributed by atoms with Gasteiger partial charge in [0.25, 0.3) is 0 Å². The van der Waals surface area contributed by atoms with Crippen LogP contribution in [0.25, 0.3) is 5.65 Å². The zero-order valence-electron chi connectivity index (χ0n) is 22.4. The molecule has 3 aromatic rings. The molecule has 1 aromatic carbocycles. The minimum atomic E-state index is -0.735. The number of aryl methyl sites for hydroxylation is 1. The summed E-state index contributed by atoms with van der Waals surface area (Å²) in [7, 11) is 0. The number of pyridine rings is 1. The number of benzene rings is 1. The normalized spacial score (nSPS) is 23.1. The van der Waals surface area contributed by atoms with Gasteiger partial charge in [-0.3, -0.25) is 9.69 Å². The summed E-state index contributed by atoms with van der Waals surface area (Å²) in [6.45, 7) is 12.7. The van der Waals surface area contributed by atoms with E-state index in [1.54, 1.807) is 6.07 Å². The number of carboxylic acids is 1. The summed E-state index contributed by atoms with van der Waals surface area (Å²) < 4.78 is 15.8. The average molecular weight is 507 g/mol. The Kier molecular flexibility index (Phi) is 7.12. The highest BCUT2D eigenvalue weighted by molar-refractivity contribution is 5.74. The van der Waals surface area contributed by atoms with Gasteiger partial charge in [-0.05, 0) is 61.9 Å². The van der Waals surface area contributed by atoms with Gasteiger partial charge >= 0.3 is 5.97 Å². The van der Waals surface area contributed by atoms with Crippen molar-refractivity contribution in [3.05, 3.63) is 71.4 Å². The fraction of sp³-hybridized carbons (Fsp3) is 0.533. The van der Waals surface area contributed by atoms with E-state index in [1.165, 1.54) is 23.4 Å². The van der Waals surface area contributed by atoms with E-state index in [-0.39, 0.29) is 11.2 Å². The van der Waals surface area contributed by atoms with E-state index in [1.807, 2.05) is 31.4 Å². The number of hydrogen-bond acceptors (Lipinski definition) is 4. The third kappa shape index (κ3) is 5.43. The van der Waals surface area contributed by atoms with Crippen LogP contribution in [0.5, 0.6) is 0 Å². The van der Waals surface area contributed by atoms with Crippen LogP contribution < -0.4 is 0 Å². The molecule has 0 radical (unpaired) electrons. The maximum atomic E-state index is 13.9. The first-order valence-corrected chi connectivity index (χ1v) is 13.5. The van der Waals surface area contributed by atoms with Crippen molar-refractivity contribution in [2.75, 3.05) is 32.7 Å². The number of carbonyl (C=O) groups is 1. The van der Waals surface area contributed by atoms with Crippen molar-refractivity contribution in [3.8, 4) is 0 Å². The zero-order valence-corrected chi connectivity index (χ0v) is 22.4. The lowest BCUT2D eigenvalue weighted by Gasteiger charge is -2.36. The lowest BCUT2D eigenvalue weighted by Crippen LogP contribution is -2.48. The van der Waals surface area contributed by atoms with Gasteiger partial charge in [0.2, 0.25) is 0 Å². The van der Waals surface area contributed by atoms with E-state index in [0.717, 1.165) is 56.9 Å². The maximum Gasteiger partial charge on any atom is 0.321 e. The number of imidazole rings is 1. The van der Waals surface area contributed by atoms with E-state index in [0.29, 0.717) is 17.8 Å². The Morgan fingerprint density at radius 2 is 1.92 bits per heavy atom. The molecule has 5 rings (SSSR count). The second-order valence-electron chi connectivity index (χ2n) is 12.2. The first-order chi connectivity index (χ1) is 17.6. The molecule has 4 heterocycles. The summed E-state index contributed by atoms with van der Waals surface area (Å²) in [5.74, 6) is 0.0579. The number of nitrogens with zero attached hydrogens (tertiary/aromatic N) is 4. The first-order valence-electron chi connectivity index (χ1n) is 13.5. The summed E-state index contributed by atoms with van der Waals surface area (Å²) in [4.78, 5) is 21.5. The van der Waals surface area contributed by atoms with Crippen molar-refractivity contribution in [2.45, 2.75) is 58.4 Å². The molecule has 2 aromatic heterocycles. The van der Waals surface area contributed by atoms with Crippen molar-refractivity contribution >= 4 is 11.6 Å². The highest BCUT2D eigenvalue weighted by Gasteiger charge is 2.44. The van der Waals surface area contributed by atoms with Crippen LogP contribution in [0.15, 0.2) is 48.8 Å². The standard InChI is InChI=1S/C30H39FN4O2/c1-20-6-5-7-22(14-20)25-19-34(28(29(36)37)30(2,3)4)17-23(25)16-33-12-10-21(11-13-33)26-15-32-27-9-8-24(31)18-35(26)27/h5-9,14-15,18,21,23,25,28H,10-13,16-17,19H2,1-4H3,(H,36,37)/t23-,25+,28-/m0/s1. The van der Waals surface area contributed by atoms with Crippen molar-refractivity contribution in [1.29, 1.82) is 0 Å². The average Bonchev–Trinajstić information content (AvgIpc) is 3.42. The van der Waals surface area contributed by atoms with Crippen molar-refractivity contribution in [1.82, 2.24) is 19.2 Å². The van der Waals surface area contributed by atoms with Crippen LogP contribution >= 0.6 is 0 Å². The predicted octanol–water partition coefficient (Wildman–Crippen LogP) is 5.18. The Morgan fingerprint density at radius 3 is 2.59 bits per heavy atom. The summed E-state index contributed by atoms with van der Waals surface area (Å²) >= 11 is 0. The number of aliphatic carboxylic acids is 1. The van der Waals surface area contributed by atoms with Crippen LogP contribution in [0.2, 0.25) is 0 Å². The molecular weight excluding hydrogens is 467 g/mol. The van der Waals surface area contributed by atoms with E-state index >= 15 is 0 Å². The number of halogens is 1. The first kappa shape index (κ1) is 25.9. The molecular formula is C30H39FN4O2. The van der Waals surface area contributed by atoms with Gasteiger partial charge in [-0.1, -0.05) is 50.6 Å². The van der Waals surface area contributed by atoms with E-state index < -0.39 is 12.0 Å². The highest BCUT2D eigenvalue weighted by atomic mass is 19.1. The molecule has 37 heavy (non-hydrogen) atoms. The number of piperidine rings is 1. The van der Waals surface area contributed by atoms with Gasteiger partial charge in [0, 0.05) is 49.6 Å². The lowest BCUT2D eigenvalue weighted by molar-refractivity contribution is -0.147. The Bertz CT molecular complexity index is 1260. The number of rotatable bonds is 6. The third-order valence-electron chi connectivity index (χ3n) is 8.36. The molecule has 198 valence electrons. The molecule has 1 N–H and O–H groups in total. The highest BCUT2D eigenvalue weighted by Crippen LogP contribution is 2.39. The smallest absolute Gasteiger partial charge is 0.321 e. The number of hydrogen-bond donors (Lipinski definition) is 1. The summed E-state index contributed by atoms with van der Waals surface area (Å²) in [5, 5.41) is 10.1. The Labute approximate surface area is 219 Å². The number of likely N-dealkylation sites (tertiary alicyclic amines) is 2. The van der Waals surface area contributed by atoms with Crippen molar-refractivity contribution < 1.29 is 14.3 Å². The van der Waals surface area contributed by atoms with Gasteiger partial charge in [-0.25, -0.2) is 9.37 Å². The molecule has 7 heteroatoms. The minimum Gasteiger partial charge on any atom is -0.480 e. The molecule has 6 nitrogen and oxygen atoms in total. The van der Waals surface area contributed by atoms with Crippen molar-refractivity contribution in [3.63, 3.8) is 0 Å². The Morgan fingerprint density at radius 1 is 1.16 bits per heavy atom. The van der Waals surface area contributed by atoms with Crippen LogP contribution in [-0.4, -0.2) is 69.0 Å². The quantitative estimate of drug-likeness (QED) is 0.500. The number of fused-ring (bicyclic) bond motifs is 1. The molecule has 2 aliphatic rings. The zero-order chi connectivity index (χ0) is 26.3. The molecule has 0 unspecified atom stereocenters. The van der Waals surface area contributed by atoms with Gasteiger partial charge in [0.05, 0.1) is 0 Å². The van der Waals surface area contributed by atoms with Crippen molar-refractivity contribution in [2.24, 2.45) is 11.3 Å². The topological polar surface area (TPSA) is 61.1 Å². The summed E-state index contributed by atoms with van der Waals surface area (Å²) in [5.41, 5.74) is 4.09. The molecule has 3 atom stereocenters. The van der Waals surface area contributed by atoms with Crippen LogP contribution in [0.4, 0.5) is 4.39 Å². The summed E-state index contributed by atoms with van der Waals surface area (Å²) in [6.07, 6.45) is 5.46. The molecule has 0 bridgehead atoms. The maximum absolute atomic E-state index is 13.9. The SMILES string of the molecule is Cc1cccc([C@H]2CN([C@@H](C(=O)O)C(C)(C)C)C[C@@H]2CN2CCC(c3cnc4ccc(F)cn34)CC2)c1. The van der Waals surface area contributed by atoms with Gasteiger partial charge in [-0.2, -0.15) is 0 Å². The van der Waals surface area contributed by atoms with Gasteiger partial charge in [-0.15, -0.1) is 0 Å².